The second kappa shape index (κ2) is 31.2. The average Bonchev–Trinajstić information content (AvgIpc) is 1.98. The fourth-order valence-electron chi connectivity index (χ4n) is 10.5. The summed E-state index contributed by atoms with van der Waals surface area (Å²) < 4.78 is 59.8. The number of imidazole rings is 1. The van der Waals surface area contributed by atoms with E-state index in [-0.39, 0.29) is 112 Å². The first kappa shape index (κ1) is 63.8. The lowest BCUT2D eigenvalue weighted by atomic mass is 9.88. The van der Waals surface area contributed by atoms with Crippen molar-refractivity contribution in [2.75, 3.05) is 63.3 Å². The van der Waals surface area contributed by atoms with Crippen LogP contribution in [0.3, 0.4) is 0 Å². The van der Waals surface area contributed by atoms with Gasteiger partial charge < -0.3 is 50.8 Å². The smallest absolute Gasteiger partial charge is 0.410 e. The van der Waals surface area contributed by atoms with Crippen molar-refractivity contribution in [3.8, 4) is 11.3 Å². The number of carbonyl (C=O) groups excluding carboxylic acids is 8. The quantitative estimate of drug-likeness (QED) is 0.0271. The number of rotatable bonds is 29. The maximum atomic E-state index is 16.4. The number of likely N-dealkylation sites (tertiary alicyclic amines) is 1. The summed E-state index contributed by atoms with van der Waals surface area (Å²) in [7, 11) is 0. The third-order valence-electron chi connectivity index (χ3n) is 15.0. The molecular formula is C60H75F3N10O10S. The summed E-state index contributed by atoms with van der Waals surface area (Å²) >= 11 is 1.49. The number of anilines is 1. The predicted molar refractivity (Wildman–Crippen MR) is 309 cm³/mol. The van der Waals surface area contributed by atoms with Crippen LogP contribution in [0.25, 0.3) is 11.3 Å². The molecule has 6 N–H and O–H groups in total. The largest absolute Gasteiger partial charge is 0.445 e. The van der Waals surface area contributed by atoms with Gasteiger partial charge in [-0.25, -0.2) is 27.7 Å². The normalized spacial score (nSPS) is 17.2. The molecule has 5 atom stereocenters. The highest BCUT2D eigenvalue weighted by Crippen LogP contribution is 2.39. The number of primary amides is 1. The molecule has 0 spiro atoms. The van der Waals surface area contributed by atoms with E-state index in [4.69, 9.17) is 20.2 Å². The molecule has 4 aromatic rings. The Morgan fingerprint density at radius 1 is 0.869 bits per heavy atom. The van der Waals surface area contributed by atoms with Crippen molar-refractivity contribution in [3.63, 3.8) is 0 Å². The predicted octanol–water partition coefficient (Wildman–Crippen LogP) is 7.03. The van der Waals surface area contributed by atoms with E-state index in [1.165, 1.54) is 28.8 Å². The molecule has 20 nitrogen and oxygen atoms in total. The van der Waals surface area contributed by atoms with E-state index in [0.717, 1.165) is 28.7 Å². The molecule has 4 heterocycles. The Hall–Kier alpha value is -7.73. The number of hydrogen-bond donors (Lipinski definition) is 5. The minimum atomic E-state index is -1.54. The highest BCUT2D eigenvalue weighted by Gasteiger charge is 2.43. The second-order valence-corrected chi connectivity index (χ2v) is 22.6. The number of halogens is 3. The summed E-state index contributed by atoms with van der Waals surface area (Å²) in [4.78, 5) is 113. The Bertz CT molecular complexity index is 2950. The standard InChI is InChI=1S/C60H75F3N10O10S/c1-38(2)54(69-50(74)14-8-5-9-27-72-51(75)21-22-52(72)76)58(79)68-48(13-10-26-65-59(64)80)57(78)66-44-18-15-40(16-19-44)37-83-60(81)71-33-42(47(63)35-71)34-73(53(77)25-30-84-3)55(41-23-28-82-29-24-41)56-67-49(45-31-43(61)17-20-46(45)62)36-70(56)32-39-11-6-4-7-12-39/h4,6-7,11-12,15-22,31,36,38,41-42,47-48,54-55H,5,8-10,13-14,23-30,32-35,37H2,1-3H3,(H,66,78)(H,68,79)(H,69,74)(H3,64,65,80)/t42-,47-,48-,54-,55+/m0/s1. The Kier molecular flexibility index (Phi) is 23.7. The maximum absolute atomic E-state index is 16.4. The Balaban J connectivity index is 0.982. The first-order chi connectivity index (χ1) is 40.4. The van der Waals surface area contributed by atoms with E-state index in [9.17, 15) is 42.7 Å². The number of hydrogen-bond acceptors (Lipinski definition) is 12. The van der Waals surface area contributed by atoms with Crippen molar-refractivity contribution in [3.05, 3.63) is 120 Å². The van der Waals surface area contributed by atoms with Gasteiger partial charge in [-0.3, -0.25) is 33.7 Å². The molecule has 0 unspecified atom stereocenters. The van der Waals surface area contributed by atoms with Gasteiger partial charge in [0.1, 0.15) is 42.3 Å². The van der Waals surface area contributed by atoms with Crippen LogP contribution in [-0.4, -0.2) is 148 Å². The molecule has 7 rings (SSSR count). The average molecular weight is 1190 g/mol. The highest BCUT2D eigenvalue weighted by molar-refractivity contribution is 7.98. The molecule has 0 saturated carbocycles. The number of aromatic nitrogens is 2. The number of ether oxygens (including phenoxy) is 2. The highest BCUT2D eigenvalue weighted by atomic mass is 32.2. The van der Waals surface area contributed by atoms with Crippen molar-refractivity contribution in [1.82, 2.24) is 40.2 Å². The van der Waals surface area contributed by atoms with Crippen LogP contribution >= 0.6 is 11.8 Å². The van der Waals surface area contributed by atoms with Crippen LogP contribution in [0.15, 0.2) is 91.1 Å². The third-order valence-corrected chi connectivity index (χ3v) is 15.7. The minimum Gasteiger partial charge on any atom is -0.445 e. The fourth-order valence-corrected chi connectivity index (χ4v) is 10.9. The van der Waals surface area contributed by atoms with Crippen LogP contribution in [0, 0.1) is 29.4 Å². The zero-order valence-electron chi connectivity index (χ0n) is 47.6. The SMILES string of the molecule is CSCCC(=O)N(C[C@@H]1CN(C(=O)OCc2ccc(NC(=O)[C@H](CCCNC(N)=O)NC(=O)[C@@H](NC(=O)CCCCCN3C(=O)C=CC3=O)C(C)C)cc2)C[C@@H]1F)[C@@H](c1nc(-c2cc(F)ccc2F)cn1Cc1ccccc1)C1CCOCC1. The van der Waals surface area contributed by atoms with Crippen LogP contribution in [0.4, 0.5) is 28.4 Å². The number of nitrogens with zero attached hydrogens (tertiary/aromatic N) is 5. The summed E-state index contributed by atoms with van der Waals surface area (Å²) in [6, 6.07) is 15.5. The van der Waals surface area contributed by atoms with Crippen molar-refractivity contribution in [2.45, 2.75) is 109 Å². The maximum Gasteiger partial charge on any atom is 0.410 e. The second-order valence-electron chi connectivity index (χ2n) is 21.6. The van der Waals surface area contributed by atoms with E-state index < -0.39 is 65.8 Å². The number of carbonyl (C=O) groups is 8. The summed E-state index contributed by atoms with van der Waals surface area (Å²) in [5.41, 5.74) is 7.14. The van der Waals surface area contributed by atoms with Crippen LogP contribution in [-0.2, 0) is 51.4 Å². The molecule has 452 valence electrons. The first-order valence-corrected chi connectivity index (χ1v) is 29.8. The molecule has 3 aliphatic heterocycles. The summed E-state index contributed by atoms with van der Waals surface area (Å²) in [6.45, 7) is 4.32. The van der Waals surface area contributed by atoms with Gasteiger partial charge in [-0.15, -0.1) is 0 Å². The van der Waals surface area contributed by atoms with Crippen LogP contribution in [0.5, 0.6) is 0 Å². The molecule has 3 aromatic carbocycles. The van der Waals surface area contributed by atoms with Crippen molar-refractivity contribution in [2.24, 2.45) is 23.5 Å². The van der Waals surface area contributed by atoms with Crippen molar-refractivity contribution < 1.29 is 61.0 Å². The number of nitrogens with one attached hydrogen (secondary N) is 4. The number of imide groups is 1. The molecule has 1 aromatic heterocycles. The lowest BCUT2D eigenvalue weighted by Crippen LogP contribution is -2.54. The number of urea groups is 1. The van der Waals surface area contributed by atoms with E-state index in [0.29, 0.717) is 74.7 Å². The molecule has 2 saturated heterocycles. The summed E-state index contributed by atoms with van der Waals surface area (Å²) in [5.74, 6) is -4.36. The van der Waals surface area contributed by atoms with Crippen molar-refractivity contribution >= 4 is 65.0 Å². The van der Waals surface area contributed by atoms with Gasteiger partial charge in [-0.05, 0) is 98.1 Å². The van der Waals surface area contributed by atoms with Gasteiger partial charge in [0.15, 0.2) is 0 Å². The number of nitrogens with two attached hydrogens (primary N) is 1. The lowest BCUT2D eigenvalue weighted by molar-refractivity contribution is -0.138. The fraction of sp³-hybridized carbons (Fsp3) is 0.483. The summed E-state index contributed by atoms with van der Waals surface area (Å²) in [5, 5.41) is 10.8. The summed E-state index contributed by atoms with van der Waals surface area (Å²) in [6.07, 6.45) is 6.83. The number of unbranched alkanes of at least 4 members (excludes halogenated alkanes) is 2. The monoisotopic (exact) mass is 1180 g/mol. The molecule has 0 radical (unpaired) electrons. The zero-order valence-corrected chi connectivity index (χ0v) is 48.4. The molecule has 3 aliphatic rings. The molecule has 84 heavy (non-hydrogen) atoms. The van der Waals surface area contributed by atoms with Gasteiger partial charge in [0.2, 0.25) is 23.6 Å². The van der Waals surface area contributed by atoms with E-state index >= 15 is 8.78 Å². The lowest BCUT2D eigenvalue weighted by Gasteiger charge is -2.40. The van der Waals surface area contributed by atoms with Gasteiger partial charge in [-0.1, -0.05) is 62.7 Å². The van der Waals surface area contributed by atoms with Crippen molar-refractivity contribution in [1.29, 1.82) is 0 Å². The van der Waals surface area contributed by atoms with E-state index in [1.807, 2.05) is 41.2 Å². The Labute approximate surface area is 491 Å². The molecule has 0 bridgehead atoms. The Morgan fingerprint density at radius 3 is 2.29 bits per heavy atom. The van der Waals surface area contributed by atoms with Crippen LogP contribution in [0.1, 0.15) is 94.6 Å². The molecule has 0 aliphatic carbocycles. The van der Waals surface area contributed by atoms with Gasteiger partial charge in [-0.2, -0.15) is 11.8 Å². The number of alkyl halides is 1. The first-order valence-electron chi connectivity index (χ1n) is 28.4. The van der Waals surface area contributed by atoms with Gasteiger partial charge >= 0.3 is 12.1 Å². The molecule has 24 heteroatoms. The Morgan fingerprint density at radius 2 is 1.60 bits per heavy atom. The minimum absolute atomic E-state index is 0.0442. The molecule has 9 amide bonds. The molecular weight excluding hydrogens is 1110 g/mol. The number of amides is 9. The van der Waals surface area contributed by atoms with Gasteiger partial charge in [0.05, 0.1) is 18.3 Å². The van der Waals surface area contributed by atoms with Crippen LogP contribution < -0.4 is 27.0 Å². The van der Waals surface area contributed by atoms with Gasteiger partial charge in [0, 0.05) is 100 Å². The molecule has 2 fully saturated rings. The zero-order chi connectivity index (χ0) is 60.3. The third kappa shape index (κ3) is 18.1. The number of benzene rings is 3. The van der Waals surface area contributed by atoms with Gasteiger partial charge in [0.25, 0.3) is 11.8 Å². The van der Waals surface area contributed by atoms with E-state index in [2.05, 4.69) is 21.3 Å². The van der Waals surface area contributed by atoms with E-state index in [1.54, 1.807) is 49.2 Å². The van der Waals surface area contributed by atoms with Crippen LogP contribution in [0.2, 0.25) is 0 Å². The number of thioether (sulfide) groups is 1. The topological polar surface area (TPSA) is 257 Å².